The number of rotatable bonds is 3. The van der Waals surface area contributed by atoms with Gasteiger partial charge in [-0.3, -0.25) is 9.69 Å². The van der Waals surface area contributed by atoms with E-state index in [2.05, 4.69) is 0 Å². The van der Waals surface area contributed by atoms with E-state index in [0.29, 0.717) is 12.8 Å². The summed E-state index contributed by atoms with van der Waals surface area (Å²) in [6.45, 7) is 1.46. The highest BCUT2D eigenvalue weighted by atomic mass is 19.4. The highest BCUT2D eigenvalue weighted by Gasteiger charge is 2.41. The molecule has 100 valence electrons. The van der Waals surface area contributed by atoms with Crippen molar-refractivity contribution in [1.29, 1.82) is 0 Å². The average molecular weight is 255 g/mol. The highest BCUT2D eigenvalue weighted by molar-refractivity contribution is 5.70. The second-order valence-corrected chi connectivity index (χ2v) is 4.46. The van der Waals surface area contributed by atoms with Gasteiger partial charge in [-0.05, 0) is 26.3 Å². The molecular formula is C10H16F3NO3. The van der Waals surface area contributed by atoms with Crippen LogP contribution in [0.25, 0.3) is 0 Å². The van der Waals surface area contributed by atoms with Gasteiger partial charge in [0.05, 0.1) is 5.92 Å². The molecule has 0 aromatic heterocycles. The number of carboxylic acid groups (broad SMARTS) is 1. The zero-order chi connectivity index (χ0) is 13.2. The summed E-state index contributed by atoms with van der Waals surface area (Å²) < 4.78 is 36.5. The lowest BCUT2D eigenvalue weighted by Gasteiger charge is -2.37. The van der Waals surface area contributed by atoms with E-state index < -0.39 is 30.7 Å². The maximum Gasteiger partial charge on any atom is 0.415 e. The van der Waals surface area contributed by atoms with Crippen molar-refractivity contribution < 1.29 is 28.2 Å². The molecule has 0 saturated carbocycles. The van der Waals surface area contributed by atoms with Crippen LogP contribution in [0.2, 0.25) is 0 Å². The number of aliphatic carboxylic acids is 1. The maximum absolute atomic E-state index is 12.2. The first-order valence-electron chi connectivity index (χ1n) is 5.43. The molecule has 1 heterocycles. The molecule has 7 heteroatoms. The Morgan fingerprint density at radius 3 is 2.53 bits per heavy atom. The number of nitrogens with zero attached hydrogens (tertiary/aromatic N) is 1. The third kappa shape index (κ3) is 3.85. The predicted molar refractivity (Wildman–Crippen MR) is 53.5 cm³/mol. The van der Waals surface area contributed by atoms with E-state index in [9.17, 15) is 18.0 Å². The van der Waals surface area contributed by atoms with Gasteiger partial charge in [-0.2, -0.15) is 13.2 Å². The first-order valence-corrected chi connectivity index (χ1v) is 5.43. The minimum Gasteiger partial charge on any atom is -0.481 e. The number of β-amino-alcohol motifs (C(OH)–C–C–N with tert-alkyl or cyclic N) is 1. The van der Waals surface area contributed by atoms with Gasteiger partial charge in [0.25, 0.3) is 0 Å². The first kappa shape index (κ1) is 14.2. The van der Waals surface area contributed by atoms with Crippen LogP contribution in [0, 0.1) is 5.92 Å². The first-order chi connectivity index (χ1) is 7.71. The van der Waals surface area contributed by atoms with Gasteiger partial charge in [0.15, 0.2) is 6.10 Å². The van der Waals surface area contributed by atoms with E-state index in [1.165, 1.54) is 4.90 Å². The van der Waals surface area contributed by atoms with Crippen molar-refractivity contribution in [3.05, 3.63) is 0 Å². The van der Waals surface area contributed by atoms with Gasteiger partial charge in [0.1, 0.15) is 0 Å². The van der Waals surface area contributed by atoms with Crippen LogP contribution in [0.3, 0.4) is 0 Å². The fourth-order valence-corrected chi connectivity index (χ4v) is 2.04. The normalized spacial score (nSPS) is 29.0. The molecule has 0 bridgehead atoms. The fourth-order valence-electron chi connectivity index (χ4n) is 2.04. The molecule has 3 atom stereocenters. The molecule has 1 aliphatic heterocycles. The van der Waals surface area contributed by atoms with Gasteiger partial charge < -0.3 is 10.2 Å². The van der Waals surface area contributed by atoms with Crippen molar-refractivity contribution in [2.24, 2.45) is 5.92 Å². The van der Waals surface area contributed by atoms with Crippen molar-refractivity contribution >= 4 is 5.97 Å². The highest BCUT2D eigenvalue weighted by Crippen LogP contribution is 2.26. The van der Waals surface area contributed by atoms with E-state index in [0.717, 1.165) is 0 Å². The summed E-state index contributed by atoms with van der Waals surface area (Å²) in [5.41, 5.74) is 0. The van der Waals surface area contributed by atoms with Crippen LogP contribution in [-0.2, 0) is 4.79 Å². The summed E-state index contributed by atoms with van der Waals surface area (Å²) in [6.07, 6.45) is -6.35. The Labute approximate surface area is 97.0 Å². The molecule has 4 nitrogen and oxygen atoms in total. The third-order valence-corrected chi connectivity index (χ3v) is 3.15. The smallest absolute Gasteiger partial charge is 0.415 e. The molecule has 17 heavy (non-hydrogen) atoms. The van der Waals surface area contributed by atoms with Crippen LogP contribution in [0.1, 0.15) is 19.8 Å². The Kier molecular flexibility index (Phi) is 4.37. The zero-order valence-electron chi connectivity index (χ0n) is 9.44. The summed E-state index contributed by atoms with van der Waals surface area (Å²) >= 11 is 0. The van der Waals surface area contributed by atoms with Gasteiger partial charge in [0, 0.05) is 12.6 Å². The van der Waals surface area contributed by atoms with E-state index in [1.54, 1.807) is 6.92 Å². The van der Waals surface area contributed by atoms with Gasteiger partial charge in [-0.15, -0.1) is 0 Å². The topological polar surface area (TPSA) is 60.8 Å². The van der Waals surface area contributed by atoms with Crippen LogP contribution in [0.15, 0.2) is 0 Å². The molecule has 3 unspecified atom stereocenters. The van der Waals surface area contributed by atoms with E-state index in [1.807, 2.05) is 0 Å². The molecule has 0 aromatic rings. The van der Waals surface area contributed by atoms with Crippen LogP contribution < -0.4 is 0 Å². The van der Waals surface area contributed by atoms with Gasteiger partial charge in [0.2, 0.25) is 0 Å². The lowest BCUT2D eigenvalue weighted by atomic mass is 9.91. The molecule has 0 radical (unpaired) electrons. The fraction of sp³-hybridized carbons (Fsp3) is 0.900. The number of aliphatic hydroxyl groups is 1. The molecule has 1 saturated heterocycles. The number of likely N-dealkylation sites (tertiary alicyclic amines) is 1. The quantitative estimate of drug-likeness (QED) is 0.792. The molecule has 0 aromatic carbocycles. The molecular weight excluding hydrogens is 239 g/mol. The Hall–Kier alpha value is -0.820. The molecule has 1 aliphatic rings. The van der Waals surface area contributed by atoms with Crippen molar-refractivity contribution in [2.45, 2.75) is 38.1 Å². The summed E-state index contributed by atoms with van der Waals surface area (Å²) in [6, 6.07) is -0.262. The number of carbonyl (C=O) groups is 1. The van der Waals surface area contributed by atoms with Gasteiger partial charge in [-0.25, -0.2) is 0 Å². The monoisotopic (exact) mass is 255 g/mol. The molecule has 1 fully saturated rings. The predicted octanol–water partition coefficient (Wildman–Crippen LogP) is 1.09. The Bertz CT molecular complexity index is 282. The largest absolute Gasteiger partial charge is 0.481 e. The van der Waals surface area contributed by atoms with Crippen LogP contribution in [0.4, 0.5) is 13.2 Å². The van der Waals surface area contributed by atoms with Crippen molar-refractivity contribution in [1.82, 2.24) is 4.90 Å². The number of alkyl halides is 3. The summed E-state index contributed by atoms with van der Waals surface area (Å²) in [5.74, 6) is -1.41. The molecule has 0 amide bonds. The zero-order valence-corrected chi connectivity index (χ0v) is 9.44. The summed E-state index contributed by atoms with van der Waals surface area (Å²) in [7, 11) is 0. The van der Waals surface area contributed by atoms with Gasteiger partial charge in [-0.1, -0.05) is 0 Å². The molecule has 0 spiro atoms. The van der Waals surface area contributed by atoms with Crippen molar-refractivity contribution in [2.75, 3.05) is 13.1 Å². The van der Waals surface area contributed by atoms with Crippen LogP contribution in [0.5, 0.6) is 0 Å². The van der Waals surface area contributed by atoms with Crippen molar-refractivity contribution in [3.63, 3.8) is 0 Å². The van der Waals surface area contributed by atoms with Crippen molar-refractivity contribution in [3.8, 4) is 0 Å². The number of carboxylic acids is 1. The SMILES string of the molecule is CC1CC(C(=O)O)CCN1CC(O)C(F)(F)F. The number of hydrogen-bond acceptors (Lipinski definition) is 3. The summed E-state index contributed by atoms with van der Waals surface area (Å²) in [4.78, 5) is 12.2. The number of piperidine rings is 1. The van der Waals surface area contributed by atoms with E-state index in [4.69, 9.17) is 10.2 Å². The Balaban J connectivity index is 2.50. The van der Waals surface area contributed by atoms with Gasteiger partial charge >= 0.3 is 12.1 Å². The minimum atomic E-state index is -4.62. The van der Waals surface area contributed by atoms with Crippen LogP contribution >= 0.6 is 0 Å². The lowest BCUT2D eigenvalue weighted by molar-refractivity contribution is -0.210. The van der Waals surface area contributed by atoms with E-state index >= 15 is 0 Å². The number of halogens is 3. The van der Waals surface area contributed by atoms with Crippen LogP contribution in [-0.4, -0.2) is 52.5 Å². The number of aliphatic hydroxyl groups excluding tert-OH is 1. The van der Waals surface area contributed by atoms with E-state index in [-0.39, 0.29) is 12.6 Å². The maximum atomic E-state index is 12.2. The number of hydrogen-bond donors (Lipinski definition) is 2. The lowest BCUT2D eigenvalue weighted by Crippen LogP contribution is -2.49. The summed E-state index contributed by atoms with van der Waals surface area (Å²) in [5, 5.41) is 17.8. The second-order valence-electron chi connectivity index (χ2n) is 4.46. The Morgan fingerprint density at radius 2 is 2.12 bits per heavy atom. The Morgan fingerprint density at radius 1 is 1.53 bits per heavy atom. The third-order valence-electron chi connectivity index (χ3n) is 3.15. The standard InChI is InChI=1S/C10H16F3NO3/c1-6-4-7(9(16)17)2-3-14(6)5-8(15)10(11,12)13/h6-8,15H,2-5H2,1H3,(H,16,17). The second kappa shape index (κ2) is 5.22. The average Bonchev–Trinajstić information content (AvgIpc) is 2.19. The molecule has 0 aliphatic carbocycles. The molecule has 1 rings (SSSR count). The molecule has 2 N–H and O–H groups in total. The minimum absolute atomic E-state index is 0.262.